The lowest BCUT2D eigenvalue weighted by Crippen LogP contribution is -2.24. The third kappa shape index (κ3) is 5.18. The zero-order valence-electron chi connectivity index (χ0n) is 20.6. The fourth-order valence-corrected chi connectivity index (χ4v) is 4.97. The van der Waals surface area contributed by atoms with Crippen molar-refractivity contribution >= 4 is 28.7 Å². The Kier molecular flexibility index (Phi) is 6.86. The Bertz CT molecular complexity index is 1520. The summed E-state index contributed by atoms with van der Waals surface area (Å²) < 4.78 is 4.16. The van der Waals surface area contributed by atoms with E-state index in [-0.39, 0.29) is 11.7 Å². The summed E-state index contributed by atoms with van der Waals surface area (Å²) in [7, 11) is 0. The first kappa shape index (κ1) is 23.8. The lowest BCUT2D eigenvalue weighted by molar-refractivity contribution is -0.118. The predicted octanol–water partition coefficient (Wildman–Crippen LogP) is 5.00. The number of carbonyl (C=O) groups excluding carboxylic acids is 1. The van der Waals surface area contributed by atoms with E-state index in [9.17, 15) is 4.79 Å². The zero-order chi connectivity index (χ0) is 25.1. The highest BCUT2D eigenvalue weighted by Crippen LogP contribution is 2.25. The quantitative estimate of drug-likeness (QED) is 0.306. The molecule has 0 aliphatic heterocycles. The number of para-hydroxylation sites is 2. The highest BCUT2D eigenvalue weighted by atomic mass is 32.2. The lowest BCUT2D eigenvalue weighted by Gasteiger charge is -2.12. The smallest absolute Gasteiger partial charge is 0.230 e. The van der Waals surface area contributed by atoms with Gasteiger partial charge in [0.05, 0.1) is 28.8 Å². The van der Waals surface area contributed by atoms with Gasteiger partial charge in [0, 0.05) is 13.1 Å². The molecule has 5 rings (SSSR count). The predicted molar refractivity (Wildman–Crippen MR) is 143 cm³/mol. The molecule has 0 unspecified atom stereocenters. The van der Waals surface area contributed by atoms with E-state index in [0.29, 0.717) is 11.7 Å². The van der Waals surface area contributed by atoms with Gasteiger partial charge in [-0.25, -0.2) is 4.98 Å². The number of rotatable bonds is 8. The van der Waals surface area contributed by atoms with Crippen LogP contribution in [-0.4, -0.2) is 36.0 Å². The molecule has 0 radical (unpaired) electrons. The number of hydrogen-bond acceptors (Lipinski definition) is 5. The fourth-order valence-electron chi connectivity index (χ4n) is 4.15. The average Bonchev–Trinajstić information content (AvgIpc) is 3.47. The van der Waals surface area contributed by atoms with E-state index in [1.807, 2.05) is 36.0 Å². The molecular weight excluding hydrogens is 468 g/mol. The van der Waals surface area contributed by atoms with E-state index in [4.69, 9.17) is 0 Å². The van der Waals surface area contributed by atoms with Crippen molar-refractivity contribution in [1.82, 2.24) is 29.6 Å². The van der Waals surface area contributed by atoms with Crippen LogP contribution in [0.15, 0.2) is 78.2 Å². The molecule has 1 amide bonds. The molecule has 3 aromatic carbocycles. The van der Waals surface area contributed by atoms with Crippen LogP contribution in [0.1, 0.15) is 28.1 Å². The number of fused-ring (bicyclic) bond motifs is 1. The maximum Gasteiger partial charge on any atom is 0.230 e. The number of nitrogens with one attached hydrogen (secondary N) is 1. The molecule has 0 spiro atoms. The van der Waals surface area contributed by atoms with E-state index in [1.165, 1.54) is 22.9 Å². The van der Waals surface area contributed by atoms with Gasteiger partial charge in [-0.1, -0.05) is 60.3 Å². The topological polar surface area (TPSA) is 77.6 Å². The summed E-state index contributed by atoms with van der Waals surface area (Å²) in [5.41, 5.74) is 7.71. The van der Waals surface area contributed by atoms with Crippen LogP contribution in [-0.2, 0) is 17.9 Å². The molecule has 0 fully saturated rings. The van der Waals surface area contributed by atoms with Gasteiger partial charge in [-0.3, -0.25) is 9.36 Å². The van der Waals surface area contributed by atoms with E-state index in [0.717, 1.165) is 40.2 Å². The second-order valence-electron chi connectivity index (χ2n) is 8.90. The number of aromatic nitrogens is 5. The second-order valence-corrected chi connectivity index (χ2v) is 9.84. The monoisotopic (exact) mass is 496 g/mol. The van der Waals surface area contributed by atoms with Gasteiger partial charge >= 0.3 is 0 Å². The SMILES string of the molecule is Cc1ccc(C)c(-n2c(C)nnc2SCC(=O)NCc2ccc(Cn3cnc4ccccc43)cc2)c1. The minimum Gasteiger partial charge on any atom is -0.351 e. The van der Waals surface area contributed by atoms with Crippen LogP contribution in [0.5, 0.6) is 0 Å². The molecule has 1 N–H and O–H groups in total. The Hall–Kier alpha value is -3.91. The summed E-state index contributed by atoms with van der Waals surface area (Å²) in [4.78, 5) is 17.0. The normalized spacial score (nSPS) is 11.2. The Labute approximate surface area is 214 Å². The van der Waals surface area contributed by atoms with Gasteiger partial charge in [0.2, 0.25) is 5.91 Å². The second kappa shape index (κ2) is 10.4. The molecule has 8 heteroatoms. The number of benzene rings is 3. The molecule has 0 atom stereocenters. The highest BCUT2D eigenvalue weighted by molar-refractivity contribution is 7.99. The largest absolute Gasteiger partial charge is 0.351 e. The standard InChI is InChI=1S/C28H28N6OS/c1-19-8-9-20(2)26(14-19)34-21(3)31-32-28(34)36-17-27(35)29-15-22-10-12-23(13-11-22)16-33-18-30-24-6-4-5-7-25(24)33/h4-14,18H,15-17H2,1-3H3,(H,29,35). The number of thioether (sulfide) groups is 1. The maximum absolute atomic E-state index is 12.6. The first-order chi connectivity index (χ1) is 17.5. The number of imidazole rings is 1. The average molecular weight is 497 g/mol. The van der Waals surface area contributed by atoms with Crippen molar-refractivity contribution in [2.75, 3.05) is 5.75 Å². The molecule has 36 heavy (non-hydrogen) atoms. The van der Waals surface area contributed by atoms with E-state index in [1.54, 1.807) is 0 Å². The summed E-state index contributed by atoms with van der Waals surface area (Å²) in [5, 5.41) is 12.3. The molecule has 0 aliphatic rings. The summed E-state index contributed by atoms with van der Waals surface area (Å²) in [6, 6.07) is 22.7. The van der Waals surface area contributed by atoms with E-state index in [2.05, 4.69) is 87.4 Å². The third-order valence-corrected chi connectivity index (χ3v) is 7.05. The number of aryl methyl sites for hydroxylation is 3. The highest BCUT2D eigenvalue weighted by Gasteiger charge is 2.15. The molecule has 0 saturated carbocycles. The fraction of sp³-hybridized carbons (Fsp3) is 0.214. The van der Waals surface area contributed by atoms with Crippen LogP contribution in [0, 0.1) is 20.8 Å². The molecule has 0 aliphatic carbocycles. The molecule has 5 aromatic rings. The van der Waals surface area contributed by atoms with Crippen LogP contribution in [0.4, 0.5) is 0 Å². The van der Waals surface area contributed by atoms with Crippen LogP contribution in [0.3, 0.4) is 0 Å². The minimum atomic E-state index is -0.0397. The van der Waals surface area contributed by atoms with E-state index >= 15 is 0 Å². The molecule has 0 saturated heterocycles. The van der Waals surface area contributed by atoms with Gasteiger partial charge in [0.1, 0.15) is 5.82 Å². The van der Waals surface area contributed by atoms with Crippen LogP contribution >= 0.6 is 11.8 Å². The summed E-state index contributed by atoms with van der Waals surface area (Å²) in [6.45, 7) is 7.30. The summed E-state index contributed by atoms with van der Waals surface area (Å²) in [6.07, 6.45) is 1.87. The molecular formula is C28H28N6OS. The van der Waals surface area contributed by atoms with Crippen LogP contribution in [0.25, 0.3) is 16.7 Å². The van der Waals surface area contributed by atoms with E-state index < -0.39 is 0 Å². The first-order valence-corrected chi connectivity index (χ1v) is 12.8. The number of carbonyl (C=O) groups is 1. The molecule has 0 bridgehead atoms. The van der Waals surface area contributed by atoms with Crippen molar-refractivity contribution in [1.29, 1.82) is 0 Å². The Morgan fingerprint density at radius 3 is 2.56 bits per heavy atom. The third-order valence-electron chi connectivity index (χ3n) is 6.13. The molecule has 7 nitrogen and oxygen atoms in total. The van der Waals surface area contributed by atoms with Crippen molar-refractivity contribution in [2.24, 2.45) is 0 Å². The Morgan fingerprint density at radius 2 is 1.72 bits per heavy atom. The van der Waals surface area contributed by atoms with Gasteiger partial charge in [-0.05, 0) is 61.2 Å². The number of hydrogen-bond donors (Lipinski definition) is 1. The van der Waals surface area contributed by atoms with Gasteiger partial charge in [-0.2, -0.15) is 0 Å². The van der Waals surface area contributed by atoms with Gasteiger partial charge in [-0.15, -0.1) is 10.2 Å². The number of nitrogens with zero attached hydrogens (tertiary/aromatic N) is 5. The maximum atomic E-state index is 12.6. The van der Waals surface area contributed by atoms with Crippen molar-refractivity contribution in [3.63, 3.8) is 0 Å². The lowest BCUT2D eigenvalue weighted by atomic mass is 10.1. The molecule has 2 aromatic heterocycles. The molecule has 2 heterocycles. The van der Waals surface area contributed by atoms with Crippen molar-refractivity contribution in [3.05, 3.63) is 101 Å². The first-order valence-electron chi connectivity index (χ1n) is 11.8. The summed E-state index contributed by atoms with van der Waals surface area (Å²) in [5.74, 6) is 1.03. The summed E-state index contributed by atoms with van der Waals surface area (Å²) >= 11 is 1.39. The zero-order valence-corrected chi connectivity index (χ0v) is 21.4. The Balaban J connectivity index is 1.16. The minimum absolute atomic E-state index is 0.0397. The van der Waals surface area contributed by atoms with Gasteiger partial charge in [0.15, 0.2) is 5.16 Å². The van der Waals surface area contributed by atoms with Crippen LogP contribution in [0.2, 0.25) is 0 Å². The van der Waals surface area contributed by atoms with Crippen LogP contribution < -0.4 is 5.32 Å². The Morgan fingerprint density at radius 1 is 0.944 bits per heavy atom. The van der Waals surface area contributed by atoms with Crippen molar-refractivity contribution in [3.8, 4) is 5.69 Å². The van der Waals surface area contributed by atoms with Crippen molar-refractivity contribution in [2.45, 2.75) is 39.0 Å². The van der Waals surface area contributed by atoms with Crippen molar-refractivity contribution < 1.29 is 4.79 Å². The molecule has 182 valence electrons. The van der Waals surface area contributed by atoms with Gasteiger partial charge < -0.3 is 9.88 Å². The number of amides is 1. The van der Waals surface area contributed by atoms with Gasteiger partial charge in [0.25, 0.3) is 0 Å².